The van der Waals surface area contributed by atoms with Gasteiger partial charge in [-0.05, 0) is 42.9 Å². The molecule has 8 heteroatoms. The molecular formula is C24H32NO6P. The Kier molecular flexibility index (Phi) is 6.94. The van der Waals surface area contributed by atoms with Gasteiger partial charge < -0.3 is 19.6 Å². The van der Waals surface area contributed by atoms with E-state index in [0.29, 0.717) is 22.8 Å². The van der Waals surface area contributed by atoms with E-state index in [0.717, 1.165) is 61.9 Å². The number of likely N-dealkylation sites (tertiary alicyclic amines) is 1. The van der Waals surface area contributed by atoms with Crippen molar-refractivity contribution in [3.63, 3.8) is 0 Å². The minimum absolute atomic E-state index is 0.0358. The number of phenolic OH excluding ortho intramolecular Hbond substituents is 1. The standard InChI is InChI=1S/C24H32NO6P/c1-2-12-25(17-31-32(27,28)29)13-6-9-20-14-21-19(15-22(20)25)10-11-23(24(21)26)30-16-18-7-4-3-5-8-18/h3-5,7-8,10-11,20,22H,2,6,9,12-17H2,1H3,(H2-,26,27,28,29)/t20-,22-,25-/m1/s1. The van der Waals surface area contributed by atoms with Gasteiger partial charge >= 0.3 is 0 Å². The Hall–Kier alpha value is -1.89. The van der Waals surface area contributed by atoms with Crippen molar-refractivity contribution in [1.82, 2.24) is 0 Å². The molecule has 1 unspecified atom stereocenters. The van der Waals surface area contributed by atoms with Gasteiger partial charge in [0, 0.05) is 17.9 Å². The van der Waals surface area contributed by atoms with Crippen LogP contribution in [-0.4, -0.2) is 40.3 Å². The van der Waals surface area contributed by atoms with Gasteiger partial charge in [-0.3, -0.25) is 13.6 Å². The van der Waals surface area contributed by atoms with Crippen molar-refractivity contribution in [1.29, 1.82) is 0 Å². The normalized spacial score (nSPS) is 26.6. The van der Waals surface area contributed by atoms with E-state index in [2.05, 4.69) is 6.92 Å². The molecule has 1 aliphatic carbocycles. The Morgan fingerprint density at radius 2 is 1.97 bits per heavy atom. The first kappa shape index (κ1) is 23.3. The zero-order valence-electron chi connectivity index (χ0n) is 18.5. The molecule has 0 spiro atoms. The van der Waals surface area contributed by atoms with Crippen molar-refractivity contribution in [2.45, 2.75) is 51.7 Å². The van der Waals surface area contributed by atoms with E-state index in [1.807, 2.05) is 42.5 Å². The van der Waals surface area contributed by atoms with Crippen LogP contribution in [0, 0.1) is 5.92 Å². The molecule has 1 aliphatic heterocycles. The Morgan fingerprint density at radius 3 is 2.69 bits per heavy atom. The molecule has 32 heavy (non-hydrogen) atoms. The third kappa shape index (κ3) is 5.03. The number of benzene rings is 2. The molecule has 1 fully saturated rings. The van der Waals surface area contributed by atoms with Gasteiger partial charge in [-0.2, -0.15) is 0 Å². The largest absolute Gasteiger partial charge is 0.756 e. The minimum atomic E-state index is -4.78. The zero-order chi connectivity index (χ0) is 22.8. The number of hydrogen-bond donors (Lipinski definition) is 2. The molecule has 0 amide bonds. The van der Waals surface area contributed by atoms with Gasteiger partial charge in [-0.1, -0.05) is 43.3 Å². The molecule has 174 valence electrons. The summed E-state index contributed by atoms with van der Waals surface area (Å²) in [4.78, 5) is 20.5. The van der Waals surface area contributed by atoms with Crippen LogP contribution in [0.25, 0.3) is 0 Å². The van der Waals surface area contributed by atoms with Crippen LogP contribution in [-0.2, 0) is 28.5 Å². The fraction of sp³-hybridized carbons (Fsp3) is 0.500. The number of phenols is 1. The molecule has 2 N–H and O–H groups in total. The van der Waals surface area contributed by atoms with E-state index >= 15 is 0 Å². The van der Waals surface area contributed by atoms with Crippen molar-refractivity contribution in [2.24, 2.45) is 5.92 Å². The summed E-state index contributed by atoms with van der Waals surface area (Å²) in [6.07, 6.45) is 4.35. The molecule has 2 aromatic carbocycles. The number of rotatable bonds is 8. The summed E-state index contributed by atoms with van der Waals surface area (Å²) in [5.74, 6) is 1.02. The Labute approximate surface area is 189 Å². The quantitative estimate of drug-likeness (QED) is 0.461. The Morgan fingerprint density at radius 1 is 1.19 bits per heavy atom. The van der Waals surface area contributed by atoms with Crippen LogP contribution < -0.4 is 9.63 Å². The van der Waals surface area contributed by atoms with Crippen molar-refractivity contribution in [3.8, 4) is 11.5 Å². The number of nitrogens with zero attached hydrogens (tertiary/aromatic N) is 1. The molecule has 1 heterocycles. The van der Waals surface area contributed by atoms with E-state index in [9.17, 15) is 19.5 Å². The summed E-state index contributed by atoms with van der Waals surface area (Å²) in [5, 5.41) is 11.0. The average Bonchev–Trinajstić information content (AvgIpc) is 2.77. The third-order valence-electron chi connectivity index (χ3n) is 7.05. The van der Waals surface area contributed by atoms with Gasteiger partial charge in [-0.25, -0.2) is 0 Å². The number of quaternary nitrogens is 1. The molecule has 0 saturated carbocycles. The van der Waals surface area contributed by atoms with Gasteiger partial charge in [0.05, 0.1) is 19.1 Å². The van der Waals surface area contributed by atoms with Crippen molar-refractivity contribution in [2.75, 3.05) is 19.8 Å². The predicted molar refractivity (Wildman–Crippen MR) is 119 cm³/mol. The Balaban J connectivity index is 1.56. The fourth-order valence-corrected chi connectivity index (χ4v) is 6.00. The van der Waals surface area contributed by atoms with Crippen molar-refractivity contribution < 1.29 is 33.2 Å². The molecule has 2 aromatic rings. The van der Waals surface area contributed by atoms with Crippen LogP contribution in [0.2, 0.25) is 0 Å². The molecule has 0 bridgehead atoms. The maximum atomic E-state index is 11.3. The summed E-state index contributed by atoms with van der Waals surface area (Å²) in [5.41, 5.74) is 3.05. The lowest BCUT2D eigenvalue weighted by molar-refractivity contribution is -0.973. The first-order valence-electron chi connectivity index (χ1n) is 11.4. The predicted octanol–water partition coefficient (Wildman–Crippen LogP) is 3.51. The first-order valence-corrected chi connectivity index (χ1v) is 12.9. The summed E-state index contributed by atoms with van der Waals surface area (Å²) in [6, 6.07) is 13.9. The number of aromatic hydroxyl groups is 1. The van der Waals surface area contributed by atoms with E-state index in [1.54, 1.807) is 0 Å². The van der Waals surface area contributed by atoms with Gasteiger partial charge in [0.15, 0.2) is 18.2 Å². The summed E-state index contributed by atoms with van der Waals surface area (Å²) >= 11 is 0. The fourth-order valence-electron chi connectivity index (χ4n) is 5.62. The van der Waals surface area contributed by atoms with Crippen LogP contribution in [0.1, 0.15) is 42.9 Å². The first-order chi connectivity index (χ1) is 15.3. The lowest BCUT2D eigenvalue weighted by Gasteiger charge is -2.52. The smallest absolute Gasteiger partial charge is 0.269 e. The summed E-state index contributed by atoms with van der Waals surface area (Å²) in [7, 11) is -4.78. The second-order valence-electron chi connectivity index (χ2n) is 9.09. The number of phosphoric acid groups is 1. The molecule has 4 rings (SSSR count). The van der Waals surface area contributed by atoms with Crippen LogP contribution in [0.15, 0.2) is 42.5 Å². The highest BCUT2D eigenvalue weighted by molar-refractivity contribution is 7.44. The van der Waals surface area contributed by atoms with Crippen LogP contribution in [0.3, 0.4) is 0 Å². The second-order valence-corrected chi connectivity index (χ2v) is 10.3. The van der Waals surface area contributed by atoms with Crippen LogP contribution >= 0.6 is 7.82 Å². The molecule has 0 radical (unpaired) electrons. The van der Waals surface area contributed by atoms with E-state index in [4.69, 9.17) is 9.26 Å². The van der Waals surface area contributed by atoms with Gasteiger partial charge in [-0.15, -0.1) is 0 Å². The molecule has 1 saturated heterocycles. The highest BCUT2D eigenvalue weighted by Crippen LogP contribution is 2.45. The highest BCUT2D eigenvalue weighted by atomic mass is 31.2. The number of hydrogen-bond acceptors (Lipinski definition) is 5. The number of fused-ring (bicyclic) bond motifs is 2. The number of ether oxygens (including phenoxy) is 1. The number of phosphoric ester groups is 1. The summed E-state index contributed by atoms with van der Waals surface area (Å²) in [6.45, 7) is 4.06. The van der Waals surface area contributed by atoms with E-state index in [-0.39, 0.29) is 18.5 Å². The molecule has 2 aliphatic rings. The second kappa shape index (κ2) is 9.54. The maximum Gasteiger partial charge on any atom is 0.269 e. The molecule has 4 atom stereocenters. The van der Waals surface area contributed by atoms with Gasteiger partial charge in [0.2, 0.25) is 0 Å². The lowest BCUT2D eigenvalue weighted by Crippen LogP contribution is -2.64. The molecule has 0 aromatic heterocycles. The minimum Gasteiger partial charge on any atom is -0.756 e. The monoisotopic (exact) mass is 461 g/mol. The van der Waals surface area contributed by atoms with Gasteiger partial charge in [0.1, 0.15) is 6.61 Å². The van der Waals surface area contributed by atoms with E-state index in [1.165, 1.54) is 0 Å². The lowest BCUT2D eigenvalue weighted by atomic mass is 9.73. The third-order valence-corrected chi connectivity index (χ3v) is 7.49. The van der Waals surface area contributed by atoms with Crippen molar-refractivity contribution >= 4 is 7.82 Å². The average molecular weight is 461 g/mol. The maximum absolute atomic E-state index is 11.3. The van der Waals surface area contributed by atoms with Crippen LogP contribution in [0.5, 0.6) is 11.5 Å². The Bertz CT molecular complexity index is 974. The van der Waals surface area contributed by atoms with Crippen molar-refractivity contribution in [3.05, 3.63) is 59.2 Å². The SMILES string of the molecule is CCC[N@+]1(COP(=O)([O-])O)CCC[C@@H]2Cc3c(ccc(OCc4ccccc4)c3O)C[C@H]21. The molecule has 7 nitrogen and oxygen atoms in total. The zero-order valence-corrected chi connectivity index (χ0v) is 19.4. The molecular weight excluding hydrogens is 429 g/mol. The van der Waals surface area contributed by atoms with Crippen LogP contribution in [0.4, 0.5) is 0 Å². The topological polar surface area (TPSA) is 99.1 Å². The summed E-state index contributed by atoms with van der Waals surface area (Å²) < 4.78 is 22.7. The highest BCUT2D eigenvalue weighted by Gasteiger charge is 2.47. The van der Waals surface area contributed by atoms with Gasteiger partial charge in [0.25, 0.3) is 7.82 Å². The number of piperidine rings is 1. The van der Waals surface area contributed by atoms with E-state index < -0.39 is 7.82 Å².